The average Bonchev–Trinajstić information content (AvgIpc) is 2.54. The lowest BCUT2D eigenvalue weighted by Crippen LogP contribution is -2.54. The number of hydrogen-bond donors (Lipinski definition) is 1. The van der Waals surface area contributed by atoms with E-state index in [0.717, 1.165) is 19.5 Å². The van der Waals surface area contributed by atoms with Crippen LogP contribution in [0.5, 0.6) is 0 Å². The van der Waals surface area contributed by atoms with Gasteiger partial charge in [-0.3, -0.25) is 4.79 Å². The molecule has 0 spiro atoms. The van der Waals surface area contributed by atoms with Crippen molar-refractivity contribution in [2.45, 2.75) is 51.6 Å². The molecule has 18 heavy (non-hydrogen) atoms. The van der Waals surface area contributed by atoms with Crippen LogP contribution in [0.4, 0.5) is 0 Å². The normalized spacial score (nSPS) is 25.8. The van der Waals surface area contributed by atoms with Crippen molar-refractivity contribution in [2.24, 2.45) is 0 Å². The van der Waals surface area contributed by atoms with Gasteiger partial charge in [0, 0.05) is 19.1 Å². The minimum absolute atomic E-state index is 0.418. The van der Waals surface area contributed by atoms with Gasteiger partial charge in [0.05, 0.1) is 0 Å². The van der Waals surface area contributed by atoms with Crippen LogP contribution in [0.15, 0.2) is 0 Å². The summed E-state index contributed by atoms with van der Waals surface area (Å²) in [7, 11) is 0. The first-order valence-corrected chi connectivity index (χ1v) is 6.67. The maximum Gasteiger partial charge on any atom is 0.329 e. The summed E-state index contributed by atoms with van der Waals surface area (Å²) in [6, 6.07) is 0.418. The lowest BCUT2D eigenvalue weighted by atomic mass is 9.89. The number of rotatable bonds is 5. The number of amides is 1. The van der Waals surface area contributed by atoms with Crippen molar-refractivity contribution in [3.63, 3.8) is 0 Å². The number of likely N-dealkylation sites (tertiary alicyclic amines) is 1. The maximum atomic E-state index is 11.6. The number of carboxylic acid groups (broad SMARTS) is 1. The molecule has 0 aliphatic carbocycles. The molecule has 104 valence electrons. The first-order chi connectivity index (χ1) is 8.47. The number of carbonyl (C=O) groups is 2. The number of carbonyl (C=O) groups excluding carboxylic acids is 1. The first kappa shape index (κ1) is 15.0. The van der Waals surface area contributed by atoms with Gasteiger partial charge in [-0.15, -0.1) is 0 Å². The lowest BCUT2D eigenvalue weighted by Gasteiger charge is -2.37. The van der Waals surface area contributed by atoms with E-state index in [2.05, 4.69) is 18.7 Å². The average molecular weight is 256 g/mol. The molecule has 1 rings (SSSR count). The summed E-state index contributed by atoms with van der Waals surface area (Å²) in [5.74, 6) is -0.873. The number of nitrogens with zero attached hydrogens (tertiary/aromatic N) is 2. The molecule has 0 bridgehead atoms. The van der Waals surface area contributed by atoms with Gasteiger partial charge in [0.25, 0.3) is 0 Å². The zero-order chi connectivity index (χ0) is 13.8. The van der Waals surface area contributed by atoms with E-state index in [1.807, 2.05) is 6.92 Å². The molecule has 1 atom stereocenters. The molecule has 1 aliphatic rings. The molecule has 1 aliphatic heterocycles. The van der Waals surface area contributed by atoms with Crippen molar-refractivity contribution in [3.8, 4) is 0 Å². The Morgan fingerprint density at radius 3 is 2.56 bits per heavy atom. The minimum atomic E-state index is -1.01. The van der Waals surface area contributed by atoms with Crippen molar-refractivity contribution < 1.29 is 14.7 Å². The van der Waals surface area contributed by atoms with Crippen LogP contribution in [-0.2, 0) is 9.59 Å². The number of likely N-dealkylation sites (N-methyl/N-ethyl adjacent to an activating group) is 1. The molecule has 0 radical (unpaired) electrons. The standard InChI is InChI=1S/C13H24N2O3/c1-4-15(10-16)13(12(17)18)6-5-8-14(9-7-13)11(2)3/h10-11H,4-9H2,1-3H3,(H,17,18). The second-order valence-electron chi connectivity index (χ2n) is 5.21. The lowest BCUT2D eigenvalue weighted by molar-refractivity contribution is -0.156. The Bertz CT molecular complexity index is 307. The van der Waals surface area contributed by atoms with Gasteiger partial charge in [0.15, 0.2) is 0 Å². The quantitative estimate of drug-likeness (QED) is 0.750. The molecule has 1 amide bonds. The smallest absolute Gasteiger partial charge is 0.329 e. The zero-order valence-electron chi connectivity index (χ0n) is 11.6. The summed E-state index contributed by atoms with van der Waals surface area (Å²) in [4.78, 5) is 26.5. The molecule has 1 unspecified atom stereocenters. The van der Waals surface area contributed by atoms with Gasteiger partial charge in [-0.2, -0.15) is 0 Å². The van der Waals surface area contributed by atoms with E-state index < -0.39 is 11.5 Å². The van der Waals surface area contributed by atoms with E-state index in [1.165, 1.54) is 4.90 Å². The fourth-order valence-electron chi connectivity index (χ4n) is 2.76. The highest BCUT2D eigenvalue weighted by Gasteiger charge is 2.44. The summed E-state index contributed by atoms with van der Waals surface area (Å²) < 4.78 is 0. The fraction of sp³-hybridized carbons (Fsp3) is 0.846. The van der Waals surface area contributed by atoms with E-state index in [0.29, 0.717) is 31.8 Å². The van der Waals surface area contributed by atoms with Gasteiger partial charge in [-0.1, -0.05) is 0 Å². The van der Waals surface area contributed by atoms with Crippen LogP contribution in [0.1, 0.15) is 40.0 Å². The molecule has 0 saturated carbocycles. The topological polar surface area (TPSA) is 60.9 Å². The predicted molar refractivity (Wildman–Crippen MR) is 69.4 cm³/mol. The molecule has 1 fully saturated rings. The Hall–Kier alpha value is -1.10. The first-order valence-electron chi connectivity index (χ1n) is 6.67. The summed E-state index contributed by atoms with van der Waals surface area (Å²) >= 11 is 0. The third-order valence-electron chi connectivity index (χ3n) is 3.99. The molecule has 1 N–H and O–H groups in total. The van der Waals surface area contributed by atoms with E-state index in [9.17, 15) is 14.7 Å². The van der Waals surface area contributed by atoms with Gasteiger partial charge in [0.2, 0.25) is 6.41 Å². The van der Waals surface area contributed by atoms with Crippen molar-refractivity contribution in [1.82, 2.24) is 9.80 Å². The van der Waals surface area contributed by atoms with Crippen LogP contribution < -0.4 is 0 Å². The fourth-order valence-corrected chi connectivity index (χ4v) is 2.76. The third-order valence-corrected chi connectivity index (χ3v) is 3.99. The summed E-state index contributed by atoms with van der Waals surface area (Å²) in [5.41, 5.74) is -1.01. The van der Waals surface area contributed by atoms with Crippen LogP contribution >= 0.6 is 0 Å². The molecule has 1 saturated heterocycles. The van der Waals surface area contributed by atoms with E-state index in [1.54, 1.807) is 0 Å². The highest BCUT2D eigenvalue weighted by atomic mass is 16.4. The van der Waals surface area contributed by atoms with Crippen molar-refractivity contribution in [3.05, 3.63) is 0 Å². The van der Waals surface area contributed by atoms with Crippen molar-refractivity contribution >= 4 is 12.4 Å². The van der Waals surface area contributed by atoms with Gasteiger partial charge < -0.3 is 14.9 Å². The summed E-state index contributed by atoms with van der Waals surface area (Å²) in [6.45, 7) is 8.13. The second kappa shape index (κ2) is 6.18. The number of hydrogen-bond acceptors (Lipinski definition) is 3. The Morgan fingerprint density at radius 1 is 1.44 bits per heavy atom. The Kier molecular flexibility index (Phi) is 5.14. The van der Waals surface area contributed by atoms with E-state index in [-0.39, 0.29) is 0 Å². The molecular weight excluding hydrogens is 232 g/mol. The number of aliphatic carboxylic acids is 1. The monoisotopic (exact) mass is 256 g/mol. The molecule has 5 heteroatoms. The van der Waals surface area contributed by atoms with Crippen molar-refractivity contribution in [1.29, 1.82) is 0 Å². The molecule has 0 aromatic rings. The van der Waals surface area contributed by atoms with Crippen LogP contribution in [0.25, 0.3) is 0 Å². The van der Waals surface area contributed by atoms with Crippen LogP contribution in [0.2, 0.25) is 0 Å². The molecule has 0 aromatic carbocycles. The van der Waals surface area contributed by atoms with Crippen LogP contribution in [0, 0.1) is 0 Å². The van der Waals surface area contributed by atoms with Gasteiger partial charge >= 0.3 is 5.97 Å². The zero-order valence-corrected chi connectivity index (χ0v) is 11.6. The van der Waals surface area contributed by atoms with Crippen molar-refractivity contribution in [2.75, 3.05) is 19.6 Å². The molecule has 1 heterocycles. The highest BCUT2D eigenvalue weighted by Crippen LogP contribution is 2.29. The Morgan fingerprint density at radius 2 is 2.11 bits per heavy atom. The van der Waals surface area contributed by atoms with Crippen LogP contribution in [-0.4, -0.2) is 58.5 Å². The molecule has 0 aromatic heterocycles. The van der Waals surface area contributed by atoms with Gasteiger partial charge in [-0.25, -0.2) is 4.79 Å². The third kappa shape index (κ3) is 2.83. The Balaban J connectivity index is 2.92. The van der Waals surface area contributed by atoms with E-state index >= 15 is 0 Å². The maximum absolute atomic E-state index is 11.6. The van der Waals surface area contributed by atoms with E-state index in [4.69, 9.17) is 0 Å². The highest BCUT2D eigenvalue weighted by molar-refractivity contribution is 5.81. The largest absolute Gasteiger partial charge is 0.479 e. The predicted octanol–water partition coefficient (Wildman–Crippen LogP) is 1.18. The summed E-state index contributed by atoms with van der Waals surface area (Å²) in [6.07, 6.45) is 2.54. The van der Waals surface area contributed by atoms with Crippen LogP contribution in [0.3, 0.4) is 0 Å². The summed E-state index contributed by atoms with van der Waals surface area (Å²) in [5, 5.41) is 9.55. The van der Waals surface area contributed by atoms with Gasteiger partial charge in [0.1, 0.15) is 5.54 Å². The molecule has 5 nitrogen and oxygen atoms in total. The van der Waals surface area contributed by atoms with Gasteiger partial charge in [-0.05, 0) is 46.6 Å². The molecular formula is C13H24N2O3. The SMILES string of the molecule is CCN(C=O)C1(C(=O)O)CCCN(C(C)C)CC1. The number of carboxylic acids is 1. The second-order valence-corrected chi connectivity index (χ2v) is 5.21. The minimum Gasteiger partial charge on any atom is -0.479 e. The Labute approximate surface area is 109 Å².